The van der Waals surface area contributed by atoms with E-state index in [1.807, 2.05) is 19.1 Å². The summed E-state index contributed by atoms with van der Waals surface area (Å²) in [5, 5.41) is 1.14. The Hall–Kier alpha value is -0.190. The van der Waals surface area contributed by atoms with Crippen molar-refractivity contribution in [3.63, 3.8) is 0 Å². The summed E-state index contributed by atoms with van der Waals surface area (Å²) < 4.78 is 7.78. The van der Waals surface area contributed by atoms with E-state index in [1.165, 1.54) is 4.70 Å². The lowest BCUT2D eigenvalue weighted by atomic mass is 10.2. The zero-order valence-corrected chi connectivity index (χ0v) is 10.9. The predicted octanol–water partition coefficient (Wildman–Crippen LogP) is 4.35. The van der Waals surface area contributed by atoms with E-state index in [-0.39, 0.29) is 0 Å². The van der Waals surface area contributed by atoms with Crippen molar-refractivity contribution in [3.05, 3.63) is 22.0 Å². The van der Waals surface area contributed by atoms with Crippen molar-refractivity contribution < 1.29 is 4.74 Å². The summed E-state index contributed by atoms with van der Waals surface area (Å²) in [7, 11) is 0. The molecule has 0 spiro atoms. The van der Waals surface area contributed by atoms with E-state index < -0.39 is 0 Å². The lowest BCUT2D eigenvalue weighted by molar-refractivity contribution is 0.343. The normalized spacial score (nSPS) is 10.8. The Balaban J connectivity index is 2.70. The smallest absolute Gasteiger partial charge is 0.152 e. The predicted molar refractivity (Wildman–Crippen MR) is 67.9 cm³/mol. The maximum atomic E-state index is 5.57. The quantitative estimate of drug-likeness (QED) is 0.809. The van der Waals surface area contributed by atoms with Gasteiger partial charge in [0.2, 0.25) is 0 Å². The van der Waals surface area contributed by atoms with Crippen LogP contribution in [0.5, 0.6) is 5.75 Å². The van der Waals surface area contributed by atoms with Crippen LogP contribution in [0.3, 0.4) is 0 Å². The van der Waals surface area contributed by atoms with Gasteiger partial charge in [0, 0.05) is 10.3 Å². The molecule has 2 aromatic rings. The summed E-state index contributed by atoms with van der Waals surface area (Å²) in [6, 6.07) is 6.04. The maximum absolute atomic E-state index is 5.57. The molecule has 0 saturated heterocycles. The van der Waals surface area contributed by atoms with Crippen LogP contribution in [-0.4, -0.2) is 6.61 Å². The molecule has 0 atom stereocenters. The maximum Gasteiger partial charge on any atom is 0.152 e. The Labute approximate surface area is 101 Å². The first-order valence-corrected chi connectivity index (χ1v) is 6.32. The third kappa shape index (κ3) is 1.66. The molecule has 0 unspecified atom stereocenters. The van der Waals surface area contributed by atoms with E-state index in [2.05, 4.69) is 34.6 Å². The number of hydrogen-bond donors (Lipinski definition) is 1. The van der Waals surface area contributed by atoms with Gasteiger partial charge in [0.05, 0.1) is 11.3 Å². The third-order valence-corrected chi connectivity index (χ3v) is 4.28. The molecule has 0 aliphatic rings. The first kappa shape index (κ1) is 10.3. The number of hydrogen-bond acceptors (Lipinski definition) is 3. The number of fused-ring (bicyclic) bond motifs is 1. The fourth-order valence-corrected chi connectivity index (χ4v) is 3.37. The SMILES string of the molecule is CCOc1c(Br)sc2c(S)cccc12. The Kier molecular flexibility index (Phi) is 3.04. The molecule has 0 amide bonds. The minimum absolute atomic E-state index is 0.682. The van der Waals surface area contributed by atoms with Crippen LogP contribution in [0.2, 0.25) is 0 Å². The van der Waals surface area contributed by atoms with Gasteiger partial charge in [-0.05, 0) is 35.0 Å². The van der Waals surface area contributed by atoms with Crippen molar-refractivity contribution in [1.82, 2.24) is 0 Å². The fraction of sp³-hybridized carbons (Fsp3) is 0.200. The number of thiol groups is 1. The van der Waals surface area contributed by atoms with E-state index in [0.29, 0.717) is 6.61 Å². The molecule has 4 heteroatoms. The van der Waals surface area contributed by atoms with Crippen LogP contribution in [0.25, 0.3) is 10.1 Å². The Bertz CT molecular complexity index is 464. The summed E-state index contributed by atoms with van der Waals surface area (Å²) in [5.74, 6) is 0.934. The second-order valence-electron chi connectivity index (χ2n) is 2.79. The van der Waals surface area contributed by atoms with Gasteiger partial charge in [0.1, 0.15) is 3.79 Å². The number of rotatable bonds is 2. The number of halogens is 1. The summed E-state index contributed by atoms with van der Waals surface area (Å²) in [6.45, 7) is 2.67. The van der Waals surface area contributed by atoms with Crippen LogP contribution in [0.1, 0.15) is 6.92 Å². The van der Waals surface area contributed by atoms with Gasteiger partial charge in [-0.15, -0.1) is 24.0 Å². The molecule has 0 N–H and O–H groups in total. The highest BCUT2D eigenvalue weighted by Crippen LogP contribution is 2.43. The second kappa shape index (κ2) is 4.13. The van der Waals surface area contributed by atoms with Crippen molar-refractivity contribution in [2.24, 2.45) is 0 Å². The van der Waals surface area contributed by atoms with Gasteiger partial charge in [0.25, 0.3) is 0 Å². The largest absolute Gasteiger partial charge is 0.491 e. The van der Waals surface area contributed by atoms with E-state index in [9.17, 15) is 0 Å². The average molecular weight is 289 g/mol. The van der Waals surface area contributed by atoms with E-state index >= 15 is 0 Å². The van der Waals surface area contributed by atoms with Gasteiger partial charge in [-0.1, -0.05) is 6.07 Å². The average Bonchev–Trinajstić information content (AvgIpc) is 2.47. The molecule has 1 aromatic heterocycles. The van der Waals surface area contributed by atoms with Gasteiger partial charge in [-0.3, -0.25) is 0 Å². The Morgan fingerprint density at radius 2 is 2.29 bits per heavy atom. The van der Waals surface area contributed by atoms with E-state index in [0.717, 1.165) is 19.8 Å². The molecule has 1 nitrogen and oxygen atoms in total. The Morgan fingerprint density at radius 1 is 1.50 bits per heavy atom. The summed E-state index contributed by atoms with van der Waals surface area (Å²) in [4.78, 5) is 0.999. The van der Waals surface area contributed by atoms with Gasteiger partial charge in [0.15, 0.2) is 5.75 Å². The molecule has 0 saturated carbocycles. The van der Waals surface area contributed by atoms with Gasteiger partial charge < -0.3 is 4.74 Å². The molecule has 2 rings (SSSR count). The first-order valence-electron chi connectivity index (χ1n) is 4.26. The van der Waals surface area contributed by atoms with Crippen molar-refractivity contribution in [2.75, 3.05) is 6.61 Å². The topological polar surface area (TPSA) is 9.23 Å². The van der Waals surface area contributed by atoms with Crippen LogP contribution in [0, 0.1) is 0 Å². The minimum atomic E-state index is 0.682. The zero-order chi connectivity index (χ0) is 10.1. The van der Waals surface area contributed by atoms with Crippen molar-refractivity contribution in [3.8, 4) is 5.75 Å². The molecular formula is C10H9BrOS2. The molecule has 1 heterocycles. The van der Waals surface area contributed by atoms with Crippen molar-refractivity contribution >= 4 is 50.0 Å². The van der Waals surface area contributed by atoms with Crippen LogP contribution < -0.4 is 4.74 Å². The van der Waals surface area contributed by atoms with Gasteiger partial charge in [-0.25, -0.2) is 0 Å². The van der Waals surface area contributed by atoms with Crippen LogP contribution in [-0.2, 0) is 0 Å². The first-order chi connectivity index (χ1) is 6.74. The summed E-state index contributed by atoms with van der Waals surface area (Å²) in [5.41, 5.74) is 0. The molecule has 1 aromatic carbocycles. The number of thiophene rings is 1. The molecular weight excluding hydrogens is 280 g/mol. The van der Waals surface area contributed by atoms with E-state index in [1.54, 1.807) is 11.3 Å². The molecule has 14 heavy (non-hydrogen) atoms. The molecule has 74 valence electrons. The Morgan fingerprint density at radius 3 is 3.00 bits per heavy atom. The van der Waals surface area contributed by atoms with Crippen LogP contribution >= 0.6 is 39.9 Å². The molecule has 0 fully saturated rings. The summed E-state index contributed by atoms with van der Waals surface area (Å²) in [6.07, 6.45) is 0. The standard InChI is InChI=1S/C10H9BrOS2/c1-2-12-8-6-4-3-5-7(13)9(6)14-10(8)11/h3-5,13H,2H2,1H3. The highest BCUT2D eigenvalue weighted by atomic mass is 79.9. The van der Waals surface area contributed by atoms with Gasteiger partial charge >= 0.3 is 0 Å². The zero-order valence-electron chi connectivity index (χ0n) is 7.58. The lowest BCUT2D eigenvalue weighted by Crippen LogP contribution is -1.90. The van der Waals surface area contributed by atoms with Gasteiger partial charge in [-0.2, -0.15) is 0 Å². The van der Waals surface area contributed by atoms with Crippen LogP contribution in [0.15, 0.2) is 26.9 Å². The highest BCUT2D eigenvalue weighted by Gasteiger charge is 2.12. The lowest BCUT2D eigenvalue weighted by Gasteiger charge is -2.01. The third-order valence-electron chi connectivity index (χ3n) is 1.90. The molecule has 0 bridgehead atoms. The number of ether oxygens (including phenoxy) is 1. The minimum Gasteiger partial charge on any atom is -0.491 e. The van der Waals surface area contributed by atoms with Crippen molar-refractivity contribution in [1.29, 1.82) is 0 Å². The van der Waals surface area contributed by atoms with Crippen molar-refractivity contribution in [2.45, 2.75) is 11.8 Å². The van der Waals surface area contributed by atoms with E-state index in [4.69, 9.17) is 4.74 Å². The fourth-order valence-electron chi connectivity index (χ4n) is 1.33. The molecule has 0 aliphatic carbocycles. The summed E-state index contributed by atoms with van der Waals surface area (Å²) >= 11 is 9.58. The monoisotopic (exact) mass is 288 g/mol. The second-order valence-corrected chi connectivity index (χ2v) is 5.61. The highest BCUT2D eigenvalue weighted by molar-refractivity contribution is 9.11. The van der Waals surface area contributed by atoms with Crippen LogP contribution in [0.4, 0.5) is 0 Å². The number of benzene rings is 1. The molecule has 0 aliphatic heterocycles. The molecule has 0 radical (unpaired) electrons.